The molecule has 1 aromatic heterocycles. The van der Waals surface area contributed by atoms with E-state index in [-0.39, 0.29) is 5.91 Å². The van der Waals surface area contributed by atoms with Gasteiger partial charge in [0.1, 0.15) is 0 Å². The Morgan fingerprint density at radius 3 is 2.37 bits per heavy atom. The largest absolute Gasteiger partial charge is 0.325 e. The predicted molar refractivity (Wildman–Crippen MR) is 113 cm³/mol. The summed E-state index contributed by atoms with van der Waals surface area (Å²) < 4.78 is 1.91. The number of anilines is 1. The molecule has 1 heterocycles. The van der Waals surface area contributed by atoms with Gasteiger partial charge in [-0.1, -0.05) is 23.7 Å². The highest BCUT2D eigenvalue weighted by Crippen LogP contribution is 2.21. The van der Waals surface area contributed by atoms with E-state index in [1.165, 1.54) is 28.6 Å². The molecule has 0 bridgehead atoms. The van der Waals surface area contributed by atoms with Crippen molar-refractivity contribution in [3.05, 3.63) is 76.1 Å². The molecule has 0 aliphatic rings. The molecule has 27 heavy (non-hydrogen) atoms. The van der Waals surface area contributed by atoms with Crippen molar-refractivity contribution in [2.75, 3.05) is 11.1 Å². The van der Waals surface area contributed by atoms with E-state index in [9.17, 15) is 4.79 Å². The van der Waals surface area contributed by atoms with Crippen LogP contribution in [0.2, 0.25) is 5.02 Å². The van der Waals surface area contributed by atoms with E-state index in [1.807, 2.05) is 67.2 Å². The Morgan fingerprint density at radius 1 is 1.11 bits per heavy atom. The number of thioether (sulfide) groups is 1. The maximum Gasteiger partial charge on any atom is 0.234 e. The number of aromatic nitrogens is 2. The number of amides is 1. The lowest BCUT2D eigenvalue weighted by atomic mass is 10.0. The molecule has 140 valence electrons. The predicted octanol–water partition coefficient (Wildman–Crippen LogP) is 5.01. The van der Waals surface area contributed by atoms with E-state index in [0.717, 1.165) is 22.7 Å². The van der Waals surface area contributed by atoms with Gasteiger partial charge in [-0.2, -0.15) is 5.10 Å². The summed E-state index contributed by atoms with van der Waals surface area (Å²) in [7, 11) is 1.96. The van der Waals surface area contributed by atoms with E-state index in [2.05, 4.69) is 17.3 Å². The minimum atomic E-state index is -0.0263. The van der Waals surface area contributed by atoms with Gasteiger partial charge in [-0.15, -0.1) is 11.8 Å². The van der Waals surface area contributed by atoms with Crippen LogP contribution in [0, 0.1) is 13.8 Å². The lowest BCUT2D eigenvalue weighted by molar-refractivity contribution is -0.113. The quantitative estimate of drug-likeness (QED) is 0.592. The molecule has 2 aromatic carbocycles. The summed E-state index contributed by atoms with van der Waals surface area (Å²) in [5, 5.41) is 8.10. The van der Waals surface area contributed by atoms with Gasteiger partial charge in [0.25, 0.3) is 0 Å². The maximum absolute atomic E-state index is 12.2. The van der Waals surface area contributed by atoms with Gasteiger partial charge in [-0.05, 0) is 55.8 Å². The summed E-state index contributed by atoms with van der Waals surface area (Å²) in [5.41, 5.74) is 5.51. The third-order valence-corrected chi connectivity index (χ3v) is 5.73. The Morgan fingerprint density at radius 2 is 1.78 bits per heavy atom. The second-order valence-corrected chi connectivity index (χ2v) is 7.92. The van der Waals surface area contributed by atoms with Gasteiger partial charge in [0.2, 0.25) is 5.91 Å². The van der Waals surface area contributed by atoms with E-state index in [1.54, 1.807) is 0 Å². The first kappa shape index (κ1) is 19.5. The maximum atomic E-state index is 12.2. The fourth-order valence-corrected chi connectivity index (χ4v) is 3.68. The van der Waals surface area contributed by atoms with Crippen molar-refractivity contribution in [2.24, 2.45) is 7.05 Å². The smallest absolute Gasteiger partial charge is 0.234 e. The molecule has 0 aliphatic carbocycles. The van der Waals surface area contributed by atoms with Gasteiger partial charge >= 0.3 is 0 Å². The van der Waals surface area contributed by atoms with Crippen molar-refractivity contribution in [3.63, 3.8) is 0 Å². The highest BCUT2D eigenvalue weighted by molar-refractivity contribution is 8.00. The van der Waals surface area contributed by atoms with Crippen LogP contribution in [0.15, 0.2) is 53.4 Å². The minimum Gasteiger partial charge on any atom is -0.325 e. The number of nitrogens with one attached hydrogen (secondary N) is 1. The van der Waals surface area contributed by atoms with Crippen molar-refractivity contribution in [3.8, 4) is 0 Å². The van der Waals surface area contributed by atoms with Gasteiger partial charge < -0.3 is 5.32 Å². The lowest BCUT2D eigenvalue weighted by Gasteiger charge is -2.07. The Hall–Kier alpha value is -2.24. The van der Waals surface area contributed by atoms with Crippen LogP contribution >= 0.6 is 23.4 Å². The molecule has 1 N–H and O–H groups in total. The number of rotatable bonds is 6. The fraction of sp³-hybridized carbons (Fsp3) is 0.238. The van der Waals surface area contributed by atoms with Crippen LogP contribution in [-0.2, 0) is 18.3 Å². The molecule has 1 amide bonds. The summed E-state index contributed by atoms with van der Waals surface area (Å²) in [4.78, 5) is 13.2. The Labute approximate surface area is 168 Å². The molecular weight excluding hydrogens is 378 g/mol. The van der Waals surface area contributed by atoms with E-state index in [4.69, 9.17) is 11.6 Å². The summed E-state index contributed by atoms with van der Waals surface area (Å²) in [6.07, 6.45) is 0.839. The zero-order valence-electron chi connectivity index (χ0n) is 15.6. The number of halogens is 1. The number of nitrogens with zero attached hydrogens (tertiary/aromatic N) is 2. The van der Waals surface area contributed by atoms with Crippen LogP contribution in [0.5, 0.6) is 0 Å². The molecule has 0 spiro atoms. The number of hydrogen-bond donors (Lipinski definition) is 1. The zero-order chi connectivity index (χ0) is 19.4. The number of aryl methyl sites for hydroxylation is 2. The van der Waals surface area contributed by atoms with Crippen molar-refractivity contribution in [1.82, 2.24) is 9.78 Å². The van der Waals surface area contributed by atoms with Crippen molar-refractivity contribution >= 4 is 35.0 Å². The second kappa shape index (κ2) is 8.63. The van der Waals surface area contributed by atoms with Crippen molar-refractivity contribution < 1.29 is 4.79 Å². The second-order valence-electron chi connectivity index (χ2n) is 6.44. The highest BCUT2D eigenvalue weighted by atomic mass is 35.5. The van der Waals surface area contributed by atoms with Crippen molar-refractivity contribution in [1.29, 1.82) is 0 Å². The van der Waals surface area contributed by atoms with Crippen LogP contribution < -0.4 is 5.32 Å². The fourth-order valence-electron chi connectivity index (χ4n) is 2.86. The number of carbonyl (C=O) groups excluding carboxylic acids is 1. The first-order chi connectivity index (χ1) is 12.9. The molecule has 0 unspecified atom stereocenters. The monoisotopic (exact) mass is 399 g/mol. The third-order valence-electron chi connectivity index (χ3n) is 4.46. The van der Waals surface area contributed by atoms with E-state index in [0.29, 0.717) is 10.8 Å². The van der Waals surface area contributed by atoms with E-state index < -0.39 is 0 Å². The van der Waals surface area contributed by atoms with Crippen LogP contribution in [-0.4, -0.2) is 21.4 Å². The van der Waals surface area contributed by atoms with Gasteiger partial charge in [0, 0.05) is 40.3 Å². The van der Waals surface area contributed by atoms with Gasteiger partial charge in [0.05, 0.1) is 11.4 Å². The normalized spacial score (nSPS) is 10.8. The molecule has 3 aromatic rings. The lowest BCUT2D eigenvalue weighted by Crippen LogP contribution is -2.13. The average molecular weight is 400 g/mol. The van der Waals surface area contributed by atoms with Crippen LogP contribution in [0.3, 0.4) is 0 Å². The summed E-state index contributed by atoms with van der Waals surface area (Å²) in [6.45, 7) is 4.12. The summed E-state index contributed by atoms with van der Waals surface area (Å²) in [5.74, 6) is 0.332. The molecule has 6 heteroatoms. The molecular formula is C21H22ClN3OS. The molecule has 0 saturated heterocycles. The molecule has 4 nitrogen and oxygen atoms in total. The zero-order valence-corrected chi connectivity index (χ0v) is 17.2. The van der Waals surface area contributed by atoms with E-state index >= 15 is 0 Å². The molecule has 0 aliphatic heterocycles. The highest BCUT2D eigenvalue weighted by Gasteiger charge is 2.10. The third kappa shape index (κ3) is 5.15. The van der Waals surface area contributed by atoms with Gasteiger partial charge in [0.15, 0.2) is 0 Å². The van der Waals surface area contributed by atoms with Crippen LogP contribution in [0.4, 0.5) is 5.69 Å². The number of carbonyl (C=O) groups is 1. The van der Waals surface area contributed by atoms with Gasteiger partial charge in [-0.3, -0.25) is 9.48 Å². The first-order valence-corrected chi connectivity index (χ1v) is 10.0. The average Bonchev–Trinajstić information content (AvgIpc) is 2.89. The molecule has 0 atom stereocenters. The SMILES string of the molecule is Cc1nn(C)c(C)c1Cc1ccc(NC(=O)CSc2ccc(Cl)cc2)cc1. The summed E-state index contributed by atoms with van der Waals surface area (Å²) >= 11 is 7.36. The van der Waals surface area contributed by atoms with Crippen molar-refractivity contribution in [2.45, 2.75) is 25.2 Å². The Bertz CT molecular complexity index is 933. The number of hydrogen-bond acceptors (Lipinski definition) is 3. The molecule has 0 fully saturated rings. The number of benzene rings is 2. The first-order valence-electron chi connectivity index (χ1n) is 8.68. The minimum absolute atomic E-state index is 0.0263. The summed E-state index contributed by atoms with van der Waals surface area (Å²) in [6, 6.07) is 15.5. The molecule has 0 saturated carbocycles. The topological polar surface area (TPSA) is 46.9 Å². The van der Waals surface area contributed by atoms with Gasteiger partial charge in [-0.25, -0.2) is 0 Å². The molecule has 0 radical (unpaired) electrons. The standard InChI is InChI=1S/C21H22ClN3OS/c1-14-20(15(2)25(3)24-14)12-16-4-8-18(9-5-16)23-21(26)13-27-19-10-6-17(22)7-11-19/h4-11H,12-13H2,1-3H3,(H,23,26). The molecule has 3 rings (SSSR count). The Balaban J connectivity index is 1.55. The van der Waals surface area contributed by atoms with Crippen LogP contribution in [0.25, 0.3) is 0 Å². The van der Waals surface area contributed by atoms with Crippen LogP contribution in [0.1, 0.15) is 22.5 Å². The Kier molecular flexibility index (Phi) is 6.24.